The van der Waals surface area contributed by atoms with Crippen molar-refractivity contribution in [3.63, 3.8) is 0 Å². The monoisotopic (exact) mass is 1010 g/mol. The largest absolute Gasteiger partial charge is 0.456 e. The summed E-state index contributed by atoms with van der Waals surface area (Å²) in [5, 5.41) is 0. The molecule has 0 aromatic carbocycles. The Hall–Kier alpha value is -2.24. The highest BCUT2D eigenvalue weighted by Crippen LogP contribution is 2.38. The van der Waals surface area contributed by atoms with Crippen LogP contribution in [0.5, 0.6) is 0 Å². The SMILES string of the molecule is CCCC(CCC)CC(=O)OC1C(OCOC(CCC)CCC)C(OC(=O)CC(CCC)CCC)C(OC(C)CC(CCC)CCC)C(OC(=O)CC(CCC)CCC)C1OC(=O)CC(CCC)CCC. The number of carbonyl (C=O) groups excluding carboxylic acids is 4. The van der Waals surface area contributed by atoms with Crippen molar-refractivity contribution in [2.45, 2.75) is 325 Å². The van der Waals surface area contributed by atoms with Gasteiger partial charge in [0.25, 0.3) is 0 Å². The van der Waals surface area contributed by atoms with Crippen molar-refractivity contribution in [1.29, 1.82) is 0 Å². The maximum atomic E-state index is 14.6. The summed E-state index contributed by atoms with van der Waals surface area (Å²) in [6.45, 7) is 27.5. The van der Waals surface area contributed by atoms with Crippen molar-refractivity contribution in [2.24, 2.45) is 29.6 Å². The van der Waals surface area contributed by atoms with E-state index >= 15 is 0 Å². The minimum absolute atomic E-state index is 0.0824. The zero-order valence-corrected chi connectivity index (χ0v) is 48.2. The number of hydrogen-bond acceptors (Lipinski definition) is 11. The molecule has 0 heterocycles. The molecule has 0 aromatic rings. The van der Waals surface area contributed by atoms with Gasteiger partial charge in [-0.05, 0) is 55.8 Å². The first-order valence-corrected chi connectivity index (χ1v) is 29.9. The summed E-state index contributed by atoms with van der Waals surface area (Å²) in [5.41, 5.74) is 0. The summed E-state index contributed by atoms with van der Waals surface area (Å²) in [6, 6.07) is 0. The summed E-state index contributed by atoms with van der Waals surface area (Å²) in [5.74, 6) is -1.08. The summed E-state index contributed by atoms with van der Waals surface area (Å²) in [4.78, 5) is 58.5. The van der Waals surface area contributed by atoms with Crippen LogP contribution in [0.4, 0.5) is 0 Å². The lowest BCUT2D eigenvalue weighted by Crippen LogP contribution is -2.69. The molecule has 1 fully saturated rings. The van der Waals surface area contributed by atoms with Crippen LogP contribution in [0, 0.1) is 29.6 Å². The predicted molar refractivity (Wildman–Crippen MR) is 288 cm³/mol. The number of hydrogen-bond donors (Lipinski definition) is 0. The molecule has 11 heteroatoms. The maximum Gasteiger partial charge on any atom is 0.306 e. The molecule has 71 heavy (non-hydrogen) atoms. The van der Waals surface area contributed by atoms with Gasteiger partial charge in [-0.2, -0.15) is 0 Å². The molecule has 0 N–H and O–H groups in total. The van der Waals surface area contributed by atoms with E-state index in [1.54, 1.807) is 0 Å². The molecule has 0 amide bonds. The molecule has 1 aliphatic carbocycles. The van der Waals surface area contributed by atoms with Gasteiger partial charge >= 0.3 is 23.9 Å². The molecule has 0 saturated heterocycles. The average Bonchev–Trinajstić information content (AvgIpc) is 3.30. The van der Waals surface area contributed by atoms with E-state index < -0.39 is 60.5 Å². The standard InChI is InChI=1S/C60H112O11/c1-14-26-45(27-15-2)38-44(13)67-58-56(68-51(61)39-46(28-16-3)29-17-4)55(66-43-65-50(36-24-11)37-25-12)57(69-52(62)40-47(30-18-5)31-19-6)59(70-53(63)41-48(32-20-7)33-21-8)60(58)71-54(64)42-49(34-22-9)35-23-10/h44-50,55-60H,14-43H2,1-13H3. The van der Waals surface area contributed by atoms with Crippen LogP contribution in [-0.4, -0.2) is 79.5 Å². The second kappa shape index (κ2) is 41.1. The molecular formula is C60H112O11. The molecule has 1 aliphatic rings. The van der Waals surface area contributed by atoms with Crippen molar-refractivity contribution in [2.75, 3.05) is 6.79 Å². The van der Waals surface area contributed by atoms with Gasteiger partial charge < -0.3 is 33.2 Å². The van der Waals surface area contributed by atoms with Gasteiger partial charge in [0.1, 0.15) is 19.0 Å². The van der Waals surface area contributed by atoms with E-state index in [0.29, 0.717) is 5.92 Å². The van der Waals surface area contributed by atoms with Gasteiger partial charge in [0.2, 0.25) is 0 Å². The van der Waals surface area contributed by atoms with E-state index in [4.69, 9.17) is 33.2 Å². The third kappa shape index (κ3) is 27.2. The van der Waals surface area contributed by atoms with Gasteiger partial charge in [-0.15, -0.1) is 0 Å². The Bertz CT molecular complexity index is 1320. The Morgan fingerprint density at radius 2 is 0.592 bits per heavy atom. The van der Waals surface area contributed by atoms with Crippen LogP contribution < -0.4 is 0 Å². The molecule has 11 nitrogen and oxygen atoms in total. The molecule has 0 bridgehead atoms. The zero-order chi connectivity index (χ0) is 53.0. The van der Waals surface area contributed by atoms with Gasteiger partial charge in [0.05, 0.1) is 12.2 Å². The van der Waals surface area contributed by atoms with Crippen molar-refractivity contribution >= 4 is 23.9 Å². The fourth-order valence-corrected chi connectivity index (χ4v) is 11.6. The van der Waals surface area contributed by atoms with Crippen molar-refractivity contribution in [3.05, 3.63) is 0 Å². The van der Waals surface area contributed by atoms with E-state index in [9.17, 15) is 19.2 Å². The molecule has 0 aliphatic heterocycles. The summed E-state index contributed by atoms with van der Waals surface area (Å²) in [7, 11) is 0. The highest BCUT2D eigenvalue weighted by atomic mass is 16.7. The summed E-state index contributed by atoms with van der Waals surface area (Å²) in [6.07, 6.45) is 15.2. The van der Waals surface area contributed by atoms with E-state index in [1.165, 1.54) is 0 Å². The lowest BCUT2D eigenvalue weighted by atomic mass is 9.83. The first-order chi connectivity index (χ1) is 34.3. The Balaban J connectivity index is 4.44. The molecule has 418 valence electrons. The molecule has 7 atom stereocenters. The Kier molecular flexibility index (Phi) is 38.6. The van der Waals surface area contributed by atoms with E-state index in [2.05, 4.69) is 83.1 Å². The minimum atomic E-state index is -1.33. The molecule has 1 saturated carbocycles. The van der Waals surface area contributed by atoms with Crippen LogP contribution in [-0.2, 0) is 52.3 Å². The molecule has 0 aromatic heterocycles. The van der Waals surface area contributed by atoms with Crippen molar-refractivity contribution in [3.8, 4) is 0 Å². The fraction of sp³-hybridized carbons (Fsp3) is 0.933. The molecule has 0 spiro atoms. The average molecular weight is 1010 g/mol. The molecule has 0 radical (unpaired) electrons. The Labute approximate surface area is 436 Å². The van der Waals surface area contributed by atoms with Crippen LogP contribution in [0.3, 0.4) is 0 Å². The first kappa shape index (κ1) is 66.8. The van der Waals surface area contributed by atoms with Crippen LogP contribution in [0.15, 0.2) is 0 Å². The first-order valence-electron chi connectivity index (χ1n) is 29.9. The number of carbonyl (C=O) groups is 4. The molecule has 7 unspecified atom stereocenters. The smallest absolute Gasteiger partial charge is 0.306 e. The third-order valence-electron chi connectivity index (χ3n) is 14.6. The fourth-order valence-electron chi connectivity index (χ4n) is 11.6. The third-order valence-corrected chi connectivity index (χ3v) is 14.6. The highest BCUT2D eigenvalue weighted by Gasteiger charge is 2.60. The lowest BCUT2D eigenvalue weighted by Gasteiger charge is -2.49. The van der Waals surface area contributed by atoms with Gasteiger partial charge in [-0.1, -0.05) is 224 Å². The normalized spacial score (nSPS) is 19.9. The van der Waals surface area contributed by atoms with E-state index in [1.807, 2.05) is 6.92 Å². The zero-order valence-electron chi connectivity index (χ0n) is 48.2. The second-order valence-electron chi connectivity index (χ2n) is 21.6. The Morgan fingerprint density at radius 3 is 0.887 bits per heavy atom. The number of rotatable bonds is 44. The van der Waals surface area contributed by atoms with Crippen LogP contribution in [0.1, 0.15) is 276 Å². The van der Waals surface area contributed by atoms with Gasteiger partial charge in [-0.25, -0.2) is 0 Å². The van der Waals surface area contributed by atoms with Gasteiger partial charge in [0.15, 0.2) is 24.4 Å². The van der Waals surface area contributed by atoms with Crippen LogP contribution in [0.2, 0.25) is 0 Å². The summed E-state index contributed by atoms with van der Waals surface area (Å²) >= 11 is 0. The topological polar surface area (TPSA) is 133 Å². The minimum Gasteiger partial charge on any atom is -0.456 e. The van der Waals surface area contributed by atoms with Crippen LogP contribution >= 0.6 is 0 Å². The highest BCUT2D eigenvalue weighted by molar-refractivity contribution is 5.73. The summed E-state index contributed by atoms with van der Waals surface area (Å²) < 4.78 is 47.4. The molecular weight excluding hydrogens is 897 g/mol. The van der Waals surface area contributed by atoms with E-state index in [-0.39, 0.29) is 68.4 Å². The number of esters is 4. The molecule has 1 rings (SSSR count). The van der Waals surface area contributed by atoms with E-state index in [0.717, 1.165) is 161 Å². The lowest BCUT2D eigenvalue weighted by molar-refractivity contribution is -0.284. The van der Waals surface area contributed by atoms with Crippen molar-refractivity contribution < 1.29 is 52.3 Å². The number of ether oxygens (including phenoxy) is 7. The quantitative estimate of drug-likeness (QED) is 0.0328. The Morgan fingerprint density at radius 1 is 0.338 bits per heavy atom. The van der Waals surface area contributed by atoms with Crippen LogP contribution in [0.25, 0.3) is 0 Å². The second-order valence-corrected chi connectivity index (χ2v) is 21.6. The van der Waals surface area contributed by atoms with Crippen molar-refractivity contribution in [1.82, 2.24) is 0 Å². The van der Waals surface area contributed by atoms with Gasteiger partial charge in [-0.3, -0.25) is 19.2 Å². The predicted octanol–water partition coefficient (Wildman–Crippen LogP) is 15.8. The van der Waals surface area contributed by atoms with Gasteiger partial charge in [0, 0.05) is 25.7 Å². The maximum absolute atomic E-state index is 14.6.